The fourth-order valence-corrected chi connectivity index (χ4v) is 0.666. The summed E-state index contributed by atoms with van der Waals surface area (Å²) in [7, 11) is 0. The Hall–Kier alpha value is -0.850. The van der Waals surface area contributed by atoms with E-state index in [0.717, 1.165) is 18.6 Å². The van der Waals surface area contributed by atoms with E-state index < -0.39 is 0 Å². The van der Waals surface area contributed by atoms with Crippen molar-refractivity contribution in [3.63, 3.8) is 0 Å². The summed E-state index contributed by atoms with van der Waals surface area (Å²) in [5.74, 6) is 0.746. The summed E-state index contributed by atoms with van der Waals surface area (Å²) in [5.41, 5.74) is 0. The smallest absolute Gasteiger partial charge is 0.142 e. The number of carbonyl (C=O) groups excluding carboxylic acids is 1. The van der Waals surface area contributed by atoms with E-state index in [-0.39, 0.29) is 0 Å². The first-order valence-electron chi connectivity index (χ1n) is 4.08. The summed E-state index contributed by atoms with van der Waals surface area (Å²) in [5, 5.41) is 0. The Morgan fingerprint density at radius 1 is 1.27 bits per heavy atom. The lowest BCUT2D eigenvalue weighted by atomic mass is 10.1. The first-order valence-corrected chi connectivity index (χ1v) is 4.08. The molecule has 0 spiro atoms. The molecule has 1 nitrogen and oxygen atoms in total. The summed E-state index contributed by atoms with van der Waals surface area (Å²) in [4.78, 5) is 9.84. The largest absolute Gasteiger partial charge is 0.299 e. The Balaban J connectivity index is 3.43. The van der Waals surface area contributed by atoms with E-state index >= 15 is 0 Å². The molecule has 0 aromatic heterocycles. The minimum absolute atomic E-state index is 0.746. The van der Waals surface area contributed by atoms with Crippen LogP contribution in [0.4, 0.5) is 0 Å². The molecule has 0 saturated carbocycles. The van der Waals surface area contributed by atoms with E-state index in [0.29, 0.717) is 0 Å². The maximum Gasteiger partial charge on any atom is 0.142 e. The van der Waals surface area contributed by atoms with Crippen LogP contribution in [0.2, 0.25) is 0 Å². The summed E-state index contributed by atoms with van der Waals surface area (Å²) in [6, 6.07) is 0. The van der Waals surface area contributed by atoms with Crippen molar-refractivity contribution < 1.29 is 4.79 Å². The first kappa shape index (κ1) is 10.2. The third-order valence-corrected chi connectivity index (χ3v) is 1.67. The van der Waals surface area contributed by atoms with Gasteiger partial charge in [0.2, 0.25) is 0 Å². The van der Waals surface area contributed by atoms with Crippen molar-refractivity contribution >= 4 is 6.29 Å². The number of hydrogen-bond donors (Lipinski definition) is 0. The Morgan fingerprint density at radius 2 is 2.00 bits per heavy atom. The van der Waals surface area contributed by atoms with Crippen LogP contribution in [-0.4, -0.2) is 6.29 Å². The Bertz CT molecular complexity index is 145. The zero-order valence-electron chi connectivity index (χ0n) is 7.29. The van der Waals surface area contributed by atoms with E-state index in [9.17, 15) is 4.79 Å². The fraction of sp³-hybridized carbons (Fsp3) is 0.500. The van der Waals surface area contributed by atoms with Gasteiger partial charge in [0.15, 0.2) is 0 Å². The van der Waals surface area contributed by atoms with Crippen molar-refractivity contribution in [2.24, 2.45) is 5.92 Å². The number of hydrogen-bond acceptors (Lipinski definition) is 1. The van der Waals surface area contributed by atoms with Gasteiger partial charge in [0.05, 0.1) is 0 Å². The summed E-state index contributed by atoms with van der Waals surface area (Å²) in [6.07, 6.45) is 10.4. The second kappa shape index (κ2) is 7.26. The molecule has 0 aliphatic heterocycles. The maximum absolute atomic E-state index is 9.84. The lowest BCUT2D eigenvalue weighted by Crippen LogP contribution is -1.87. The first-order chi connectivity index (χ1) is 5.31. The minimum Gasteiger partial charge on any atom is -0.299 e. The molecule has 1 unspecified atom stereocenters. The molecule has 0 aliphatic carbocycles. The number of aldehydes is 1. The van der Waals surface area contributed by atoms with E-state index in [1.807, 2.05) is 6.08 Å². The van der Waals surface area contributed by atoms with Crippen LogP contribution < -0.4 is 0 Å². The zero-order valence-corrected chi connectivity index (χ0v) is 7.29. The van der Waals surface area contributed by atoms with Crippen LogP contribution in [0, 0.1) is 5.92 Å². The van der Waals surface area contributed by atoms with Crippen LogP contribution in [0.5, 0.6) is 0 Å². The standard InChI is InChI=1S/C10H16O/c1-3-10(2)8-6-4-5-7-9-11/h4-7,9-10H,3,8H2,1-2H3. The van der Waals surface area contributed by atoms with Crippen molar-refractivity contribution in [2.75, 3.05) is 0 Å². The quantitative estimate of drug-likeness (QED) is 0.336. The number of allylic oxidation sites excluding steroid dienone is 4. The van der Waals surface area contributed by atoms with E-state index in [1.54, 1.807) is 6.08 Å². The molecule has 0 heterocycles. The molecule has 0 N–H and O–H groups in total. The predicted octanol–water partition coefficient (Wildman–Crippen LogP) is 2.73. The monoisotopic (exact) mass is 152 g/mol. The highest BCUT2D eigenvalue weighted by Crippen LogP contribution is 2.06. The van der Waals surface area contributed by atoms with Gasteiger partial charge in [-0.1, -0.05) is 38.5 Å². The molecule has 1 heteroatoms. The van der Waals surface area contributed by atoms with Gasteiger partial charge in [-0.05, 0) is 18.4 Å². The lowest BCUT2D eigenvalue weighted by Gasteiger charge is -2.00. The van der Waals surface area contributed by atoms with E-state index in [1.165, 1.54) is 12.5 Å². The third kappa shape index (κ3) is 7.04. The topological polar surface area (TPSA) is 17.1 Å². The minimum atomic E-state index is 0.746. The van der Waals surface area contributed by atoms with Gasteiger partial charge in [0.25, 0.3) is 0 Å². The molecule has 0 bridgehead atoms. The molecule has 0 radical (unpaired) electrons. The highest BCUT2D eigenvalue weighted by molar-refractivity contribution is 5.65. The molecule has 0 amide bonds. The molecule has 62 valence electrons. The number of rotatable bonds is 5. The van der Waals surface area contributed by atoms with Gasteiger partial charge in [-0.15, -0.1) is 0 Å². The van der Waals surface area contributed by atoms with Crippen molar-refractivity contribution in [3.05, 3.63) is 24.3 Å². The summed E-state index contributed by atoms with van der Waals surface area (Å²) >= 11 is 0. The Labute approximate surface area is 68.8 Å². The van der Waals surface area contributed by atoms with Crippen molar-refractivity contribution in [3.8, 4) is 0 Å². The fourth-order valence-electron chi connectivity index (χ4n) is 0.666. The highest BCUT2D eigenvalue weighted by atomic mass is 16.1. The van der Waals surface area contributed by atoms with Gasteiger partial charge in [-0.3, -0.25) is 4.79 Å². The summed E-state index contributed by atoms with van der Waals surface area (Å²) in [6.45, 7) is 4.40. The van der Waals surface area contributed by atoms with Gasteiger partial charge < -0.3 is 0 Å². The number of carbonyl (C=O) groups is 1. The van der Waals surface area contributed by atoms with Crippen molar-refractivity contribution in [1.29, 1.82) is 0 Å². The molecular formula is C10H16O. The molecule has 0 aromatic rings. The van der Waals surface area contributed by atoms with Gasteiger partial charge in [-0.25, -0.2) is 0 Å². The molecular weight excluding hydrogens is 136 g/mol. The van der Waals surface area contributed by atoms with Crippen LogP contribution in [-0.2, 0) is 4.79 Å². The van der Waals surface area contributed by atoms with Crippen molar-refractivity contribution in [1.82, 2.24) is 0 Å². The predicted molar refractivity (Wildman–Crippen MR) is 48.4 cm³/mol. The van der Waals surface area contributed by atoms with Gasteiger partial charge in [0, 0.05) is 0 Å². The molecule has 0 saturated heterocycles. The van der Waals surface area contributed by atoms with E-state index in [2.05, 4.69) is 19.9 Å². The third-order valence-electron chi connectivity index (χ3n) is 1.67. The second-order valence-corrected chi connectivity index (χ2v) is 2.70. The maximum atomic E-state index is 9.84. The van der Waals surface area contributed by atoms with Gasteiger partial charge >= 0.3 is 0 Å². The normalized spacial score (nSPS) is 14.4. The average Bonchev–Trinajstić information content (AvgIpc) is 2.04. The van der Waals surface area contributed by atoms with Gasteiger partial charge in [0.1, 0.15) is 6.29 Å². The molecule has 0 rings (SSSR count). The summed E-state index contributed by atoms with van der Waals surface area (Å²) < 4.78 is 0. The van der Waals surface area contributed by atoms with Crippen LogP contribution in [0.15, 0.2) is 24.3 Å². The average molecular weight is 152 g/mol. The highest BCUT2D eigenvalue weighted by Gasteiger charge is 1.91. The van der Waals surface area contributed by atoms with Gasteiger partial charge in [-0.2, -0.15) is 0 Å². The van der Waals surface area contributed by atoms with Crippen LogP contribution in [0.1, 0.15) is 26.7 Å². The lowest BCUT2D eigenvalue weighted by molar-refractivity contribution is -0.104. The molecule has 11 heavy (non-hydrogen) atoms. The van der Waals surface area contributed by atoms with E-state index in [4.69, 9.17) is 0 Å². The second-order valence-electron chi connectivity index (χ2n) is 2.70. The van der Waals surface area contributed by atoms with Crippen LogP contribution in [0.25, 0.3) is 0 Å². The SMILES string of the molecule is CCC(C)CC=CC=CC=O. The van der Waals surface area contributed by atoms with Crippen LogP contribution >= 0.6 is 0 Å². The molecule has 0 aromatic carbocycles. The Kier molecular flexibility index (Phi) is 6.70. The zero-order chi connectivity index (χ0) is 8.53. The molecule has 0 fully saturated rings. The van der Waals surface area contributed by atoms with Crippen LogP contribution in [0.3, 0.4) is 0 Å². The van der Waals surface area contributed by atoms with Crippen molar-refractivity contribution in [2.45, 2.75) is 26.7 Å². The molecule has 1 atom stereocenters. The molecule has 0 aliphatic rings. The Morgan fingerprint density at radius 3 is 2.55 bits per heavy atom.